The number of halogens is 2. The zero-order chi connectivity index (χ0) is 14.0. The van der Waals surface area contributed by atoms with E-state index < -0.39 is 15.8 Å². The van der Waals surface area contributed by atoms with Crippen LogP contribution in [0, 0.1) is 5.82 Å². The largest absolute Gasteiger partial charge is 0.380 e. The molecular formula is C12H15ClFNO3S. The van der Waals surface area contributed by atoms with E-state index in [1.165, 1.54) is 16.4 Å². The van der Waals surface area contributed by atoms with E-state index in [1.807, 2.05) is 0 Å². The molecule has 1 heterocycles. The van der Waals surface area contributed by atoms with Gasteiger partial charge in [-0.1, -0.05) is 6.07 Å². The number of alkyl halides is 1. The first-order chi connectivity index (χ1) is 8.98. The highest BCUT2D eigenvalue weighted by Crippen LogP contribution is 2.26. The SMILES string of the molecule is COC1CCN(S(=O)(=O)c2cc(F)ccc2CCl)C1. The van der Waals surface area contributed by atoms with Gasteiger partial charge < -0.3 is 4.74 Å². The van der Waals surface area contributed by atoms with Gasteiger partial charge in [0.15, 0.2) is 0 Å². The quantitative estimate of drug-likeness (QED) is 0.799. The monoisotopic (exact) mass is 307 g/mol. The van der Waals surface area contributed by atoms with E-state index in [4.69, 9.17) is 16.3 Å². The summed E-state index contributed by atoms with van der Waals surface area (Å²) in [4.78, 5) is -0.0562. The molecule has 0 amide bonds. The average molecular weight is 308 g/mol. The van der Waals surface area contributed by atoms with Crippen molar-refractivity contribution in [2.24, 2.45) is 0 Å². The molecule has 2 rings (SSSR count). The van der Waals surface area contributed by atoms with E-state index in [9.17, 15) is 12.8 Å². The maximum absolute atomic E-state index is 13.3. The highest BCUT2D eigenvalue weighted by atomic mass is 35.5. The lowest BCUT2D eigenvalue weighted by Gasteiger charge is -2.18. The van der Waals surface area contributed by atoms with Crippen LogP contribution < -0.4 is 0 Å². The van der Waals surface area contributed by atoms with E-state index in [0.29, 0.717) is 18.5 Å². The Hall–Kier alpha value is -0.690. The predicted octanol–water partition coefficient (Wildman–Crippen LogP) is 1.97. The molecule has 1 saturated heterocycles. The molecule has 1 atom stereocenters. The lowest BCUT2D eigenvalue weighted by molar-refractivity contribution is 0.115. The van der Waals surface area contributed by atoms with Crippen LogP contribution in [0.15, 0.2) is 23.1 Å². The minimum Gasteiger partial charge on any atom is -0.380 e. The zero-order valence-electron chi connectivity index (χ0n) is 10.5. The third-order valence-electron chi connectivity index (χ3n) is 3.23. The van der Waals surface area contributed by atoms with Gasteiger partial charge in [-0.05, 0) is 24.1 Å². The van der Waals surface area contributed by atoms with Crippen LogP contribution in [-0.4, -0.2) is 39.0 Å². The van der Waals surface area contributed by atoms with Crippen LogP contribution in [0.2, 0.25) is 0 Å². The molecule has 1 unspecified atom stereocenters. The second kappa shape index (κ2) is 5.75. The Morgan fingerprint density at radius 3 is 2.84 bits per heavy atom. The van der Waals surface area contributed by atoms with Crippen molar-refractivity contribution in [2.45, 2.75) is 23.3 Å². The van der Waals surface area contributed by atoms with Crippen LogP contribution in [0.25, 0.3) is 0 Å². The van der Waals surface area contributed by atoms with Crippen molar-refractivity contribution in [2.75, 3.05) is 20.2 Å². The third kappa shape index (κ3) is 2.91. The van der Waals surface area contributed by atoms with Gasteiger partial charge in [-0.3, -0.25) is 0 Å². The minimum atomic E-state index is -3.72. The van der Waals surface area contributed by atoms with E-state index >= 15 is 0 Å². The molecule has 1 aliphatic rings. The van der Waals surface area contributed by atoms with Crippen LogP contribution in [0.1, 0.15) is 12.0 Å². The summed E-state index contributed by atoms with van der Waals surface area (Å²) in [6.45, 7) is 0.663. The van der Waals surface area contributed by atoms with E-state index in [1.54, 1.807) is 7.11 Å². The van der Waals surface area contributed by atoms with Gasteiger partial charge >= 0.3 is 0 Å². The second-order valence-corrected chi connectivity index (χ2v) is 6.57. The molecule has 1 aromatic rings. The van der Waals surface area contributed by atoms with Crippen molar-refractivity contribution < 1.29 is 17.5 Å². The maximum Gasteiger partial charge on any atom is 0.243 e. The molecule has 0 spiro atoms. The number of sulfonamides is 1. The van der Waals surface area contributed by atoms with Gasteiger partial charge in [-0.15, -0.1) is 11.6 Å². The van der Waals surface area contributed by atoms with Crippen molar-refractivity contribution in [1.29, 1.82) is 0 Å². The number of methoxy groups -OCH3 is 1. The van der Waals surface area contributed by atoms with E-state index in [0.717, 1.165) is 6.07 Å². The van der Waals surface area contributed by atoms with Crippen LogP contribution in [0.4, 0.5) is 4.39 Å². The van der Waals surface area contributed by atoms with Gasteiger partial charge in [0.1, 0.15) is 5.82 Å². The van der Waals surface area contributed by atoms with Crippen molar-refractivity contribution >= 4 is 21.6 Å². The molecule has 0 aromatic heterocycles. The van der Waals surface area contributed by atoms with Crippen molar-refractivity contribution in [3.63, 3.8) is 0 Å². The van der Waals surface area contributed by atoms with Crippen LogP contribution in [0.5, 0.6) is 0 Å². The number of hydrogen-bond acceptors (Lipinski definition) is 3. The van der Waals surface area contributed by atoms with Crippen molar-refractivity contribution in [3.8, 4) is 0 Å². The molecule has 1 aliphatic heterocycles. The summed E-state index contributed by atoms with van der Waals surface area (Å²) < 4.78 is 44.7. The smallest absolute Gasteiger partial charge is 0.243 e. The highest BCUT2D eigenvalue weighted by molar-refractivity contribution is 7.89. The number of hydrogen-bond donors (Lipinski definition) is 0. The Labute approximate surface area is 117 Å². The minimum absolute atomic E-state index is 0.0242. The number of rotatable bonds is 4. The number of nitrogens with zero attached hydrogens (tertiary/aromatic N) is 1. The molecule has 4 nitrogen and oxygen atoms in total. The van der Waals surface area contributed by atoms with Crippen LogP contribution in [0.3, 0.4) is 0 Å². The predicted molar refractivity (Wildman–Crippen MR) is 70.1 cm³/mol. The Bertz CT molecular complexity index is 564. The maximum atomic E-state index is 13.3. The molecule has 0 bridgehead atoms. The fourth-order valence-electron chi connectivity index (χ4n) is 2.13. The lowest BCUT2D eigenvalue weighted by atomic mass is 10.2. The molecule has 19 heavy (non-hydrogen) atoms. The molecule has 0 radical (unpaired) electrons. The molecule has 0 saturated carbocycles. The van der Waals surface area contributed by atoms with Gasteiger partial charge in [0.05, 0.1) is 11.0 Å². The molecule has 0 aliphatic carbocycles. The summed E-state index contributed by atoms with van der Waals surface area (Å²) in [7, 11) is -2.17. The summed E-state index contributed by atoms with van der Waals surface area (Å²) >= 11 is 5.72. The van der Waals surface area contributed by atoms with Gasteiger partial charge in [0.25, 0.3) is 0 Å². The average Bonchev–Trinajstić information content (AvgIpc) is 2.88. The molecular weight excluding hydrogens is 293 g/mol. The normalized spacial score (nSPS) is 20.9. The molecule has 106 valence electrons. The third-order valence-corrected chi connectivity index (χ3v) is 5.47. The van der Waals surface area contributed by atoms with Gasteiger partial charge in [0, 0.05) is 26.1 Å². The summed E-state index contributed by atoms with van der Waals surface area (Å²) in [6, 6.07) is 3.63. The van der Waals surface area contributed by atoms with Crippen LogP contribution in [-0.2, 0) is 20.6 Å². The standard InChI is InChI=1S/C12H15ClFNO3S/c1-18-11-4-5-15(8-11)19(16,17)12-6-10(14)3-2-9(12)7-13/h2-3,6,11H,4-5,7-8H2,1H3. The molecule has 1 fully saturated rings. The molecule has 1 aromatic carbocycles. The Kier molecular flexibility index (Phi) is 4.45. The molecule has 7 heteroatoms. The number of ether oxygens (including phenoxy) is 1. The Balaban J connectivity index is 2.37. The highest BCUT2D eigenvalue weighted by Gasteiger charge is 2.33. The first kappa shape index (κ1) is 14.7. The lowest BCUT2D eigenvalue weighted by Crippen LogP contribution is -2.30. The van der Waals surface area contributed by atoms with Gasteiger partial charge in [-0.25, -0.2) is 12.8 Å². The first-order valence-electron chi connectivity index (χ1n) is 5.86. The first-order valence-corrected chi connectivity index (χ1v) is 7.84. The Morgan fingerprint density at radius 2 is 2.26 bits per heavy atom. The number of benzene rings is 1. The van der Waals surface area contributed by atoms with Crippen molar-refractivity contribution in [3.05, 3.63) is 29.6 Å². The van der Waals surface area contributed by atoms with Gasteiger partial charge in [0.2, 0.25) is 10.0 Å². The zero-order valence-corrected chi connectivity index (χ0v) is 12.0. The van der Waals surface area contributed by atoms with Crippen LogP contribution >= 0.6 is 11.6 Å². The van der Waals surface area contributed by atoms with Gasteiger partial charge in [-0.2, -0.15) is 4.31 Å². The Morgan fingerprint density at radius 1 is 1.53 bits per heavy atom. The van der Waals surface area contributed by atoms with E-state index in [2.05, 4.69) is 0 Å². The summed E-state index contributed by atoms with van der Waals surface area (Å²) in [5.41, 5.74) is 0.406. The topological polar surface area (TPSA) is 46.6 Å². The summed E-state index contributed by atoms with van der Waals surface area (Å²) in [5.74, 6) is -0.564. The van der Waals surface area contributed by atoms with E-state index in [-0.39, 0.29) is 23.4 Å². The fourth-order valence-corrected chi connectivity index (χ4v) is 4.16. The fraction of sp³-hybridized carbons (Fsp3) is 0.500. The summed E-state index contributed by atoms with van der Waals surface area (Å²) in [5, 5.41) is 0. The molecule has 0 N–H and O–H groups in total. The summed E-state index contributed by atoms with van der Waals surface area (Å²) in [6.07, 6.45) is 0.532. The van der Waals surface area contributed by atoms with Crippen molar-refractivity contribution in [1.82, 2.24) is 4.31 Å². The second-order valence-electron chi connectivity index (χ2n) is 4.40.